The number of hydrogen-bond acceptors (Lipinski definition) is 4. The molecule has 0 N–H and O–H groups in total. The third-order valence-corrected chi connectivity index (χ3v) is 2.78. The molecular formula is C15H13NO4. The second-order valence-corrected chi connectivity index (χ2v) is 4.12. The normalized spacial score (nSPS) is 14.3. The molecule has 1 aromatic carbocycles. The molecule has 5 heteroatoms. The Morgan fingerprint density at radius 2 is 1.75 bits per heavy atom. The van der Waals surface area contributed by atoms with Crippen LogP contribution in [0.25, 0.3) is 6.08 Å². The molecule has 1 aliphatic rings. The maximum Gasteiger partial charge on any atom is 0.309 e. The van der Waals surface area contributed by atoms with E-state index < -0.39 is 0 Å². The minimum atomic E-state index is -0.344. The van der Waals surface area contributed by atoms with Crippen molar-refractivity contribution < 1.29 is 19.1 Å². The number of rotatable bonds is 4. The molecule has 0 bridgehead atoms. The highest BCUT2D eigenvalue weighted by Crippen LogP contribution is 2.19. The van der Waals surface area contributed by atoms with Crippen LogP contribution in [-0.4, -0.2) is 24.9 Å². The fraction of sp³-hybridized carbons (Fsp3) is 0.133. The third kappa shape index (κ3) is 3.00. The number of carbonyl (C=O) groups excluding carboxylic acids is 3. The average molecular weight is 271 g/mol. The molecule has 20 heavy (non-hydrogen) atoms. The highest BCUT2D eigenvalue weighted by Gasteiger charge is 2.24. The largest absolute Gasteiger partial charge is 0.469 e. The molecule has 0 radical (unpaired) electrons. The van der Waals surface area contributed by atoms with Crippen molar-refractivity contribution in [3.63, 3.8) is 0 Å². The van der Waals surface area contributed by atoms with Gasteiger partial charge in [0.1, 0.15) is 0 Å². The second-order valence-electron chi connectivity index (χ2n) is 4.12. The van der Waals surface area contributed by atoms with Gasteiger partial charge >= 0.3 is 5.97 Å². The summed E-state index contributed by atoms with van der Waals surface area (Å²) in [6, 6.07) is 6.89. The molecule has 1 heterocycles. The molecule has 0 unspecified atom stereocenters. The zero-order valence-corrected chi connectivity index (χ0v) is 10.9. The summed E-state index contributed by atoms with van der Waals surface area (Å²) in [6.07, 6.45) is 6.14. The van der Waals surface area contributed by atoms with E-state index in [1.807, 2.05) is 0 Å². The van der Waals surface area contributed by atoms with E-state index in [4.69, 9.17) is 0 Å². The van der Waals surface area contributed by atoms with Crippen LogP contribution in [0, 0.1) is 0 Å². The maximum absolute atomic E-state index is 11.5. The first-order valence-corrected chi connectivity index (χ1v) is 6.01. The van der Waals surface area contributed by atoms with Crippen LogP contribution in [0.2, 0.25) is 0 Å². The lowest BCUT2D eigenvalue weighted by Crippen LogP contribution is -2.29. The van der Waals surface area contributed by atoms with Crippen molar-refractivity contribution in [3.8, 4) is 0 Å². The molecule has 2 amide bonds. The maximum atomic E-state index is 11.5. The third-order valence-electron chi connectivity index (χ3n) is 2.78. The lowest BCUT2D eigenvalue weighted by atomic mass is 10.1. The molecule has 0 saturated heterocycles. The molecule has 0 fully saturated rings. The van der Waals surface area contributed by atoms with Crippen LogP contribution in [0.3, 0.4) is 0 Å². The summed E-state index contributed by atoms with van der Waals surface area (Å²) in [7, 11) is 1.34. The van der Waals surface area contributed by atoms with Crippen molar-refractivity contribution in [3.05, 3.63) is 48.1 Å². The van der Waals surface area contributed by atoms with Crippen LogP contribution in [0.4, 0.5) is 5.69 Å². The Kier molecular flexibility index (Phi) is 4.10. The van der Waals surface area contributed by atoms with Crippen LogP contribution in [0.5, 0.6) is 0 Å². The number of esters is 1. The van der Waals surface area contributed by atoms with E-state index in [0.717, 1.165) is 10.5 Å². The molecule has 0 atom stereocenters. The molecule has 2 rings (SSSR count). The van der Waals surface area contributed by atoms with Gasteiger partial charge in [-0.15, -0.1) is 0 Å². The number of amides is 2. The quantitative estimate of drug-likeness (QED) is 0.617. The Hall–Kier alpha value is -2.69. The summed E-state index contributed by atoms with van der Waals surface area (Å²) in [4.78, 5) is 35.0. The molecule has 1 aliphatic heterocycles. The smallest absolute Gasteiger partial charge is 0.309 e. The summed E-state index contributed by atoms with van der Waals surface area (Å²) < 4.78 is 4.52. The predicted molar refractivity (Wildman–Crippen MR) is 73.7 cm³/mol. The second kappa shape index (κ2) is 5.97. The van der Waals surface area contributed by atoms with Gasteiger partial charge in [-0.05, 0) is 17.7 Å². The average Bonchev–Trinajstić information content (AvgIpc) is 2.79. The van der Waals surface area contributed by atoms with Crippen molar-refractivity contribution in [2.45, 2.75) is 6.42 Å². The van der Waals surface area contributed by atoms with Gasteiger partial charge in [-0.3, -0.25) is 14.4 Å². The number of imide groups is 1. The van der Waals surface area contributed by atoms with Gasteiger partial charge < -0.3 is 4.74 Å². The molecule has 0 aliphatic carbocycles. The zero-order chi connectivity index (χ0) is 14.5. The topological polar surface area (TPSA) is 63.7 Å². The van der Waals surface area contributed by atoms with Crippen molar-refractivity contribution in [1.82, 2.24) is 0 Å². The van der Waals surface area contributed by atoms with E-state index in [9.17, 15) is 14.4 Å². The molecule has 0 spiro atoms. The van der Waals surface area contributed by atoms with Crippen molar-refractivity contribution >= 4 is 29.5 Å². The van der Waals surface area contributed by atoms with Crippen molar-refractivity contribution in [1.29, 1.82) is 0 Å². The van der Waals surface area contributed by atoms with Gasteiger partial charge in [-0.1, -0.05) is 24.3 Å². The van der Waals surface area contributed by atoms with Crippen LogP contribution < -0.4 is 4.90 Å². The van der Waals surface area contributed by atoms with E-state index in [1.165, 1.54) is 19.3 Å². The Morgan fingerprint density at radius 3 is 2.30 bits per heavy atom. The predicted octanol–water partition coefficient (Wildman–Crippen LogP) is 1.69. The van der Waals surface area contributed by atoms with Gasteiger partial charge in [0.25, 0.3) is 11.8 Å². The fourth-order valence-electron chi connectivity index (χ4n) is 1.76. The van der Waals surface area contributed by atoms with E-state index >= 15 is 0 Å². The van der Waals surface area contributed by atoms with Crippen molar-refractivity contribution in [2.24, 2.45) is 0 Å². The summed E-state index contributed by atoms with van der Waals surface area (Å²) in [6.45, 7) is 0. The Balaban J connectivity index is 2.05. The highest BCUT2D eigenvalue weighted by atomic mass is 16.5. The van der Waals surface area contributed by atoms with Gasteiger partial charge in [-0.2, -0.15) is 0 Å². The Labute approximate surface area is 116 Å². The first kappa shape index (κ1) is 13.7. The summed E-state index contributed by atoms with van der Waals surface area (Å²) in [5, 5.41) is 0. The van der Waals surface area contributed by atoms with Crippen LogP contribution in [0.1, 0.15) is 12.0 Å². The number of methoxy groups -OCH3 is 1. The Morgan fingerprint density at radius 1 is 1.15 bits per heavy atom. The van der Waals surface area contributed by atoms with Crippen molar-refractivity contribution in [2.75, 3.05) is 12.0 Å². The van der Waals surface area contributed by atoms with Gasteiger partial charge in [0, 0.05) is 12.2 Å². The summed E-state index contributed by atoms with van der Waals surface area (Å²) >= 11 is 0. The SMILES string of the molecule is COC(=O)CC=Cc1ccc(N2C(=O)C=CC2=O)cc1. The molecule has 1 aromatic rings. The Bertz CT molecular complexity index is 581. The van der Waals surface area contributed by atoms with Crippen LogP contribution in [-0.2, 0) is 19.1 Å². The first-order chi connectivity index (χ1) is 9.61. The number of ether oxygens (including phenoxy) is 1. The molecule has 0 saturated carbocycles. The minimum Gasteiger partial charge on any atom is -0.469 e. The lowest BCUT2D eigenvalue weighted by Gasteiger charge is -2.13. The standard InChI is InChI=1S/C15H13NO4/c1-20-15(19)4-2-3-11-5-7-12(8-6-11)16-13(17)9-10-14(16)18/h2-3,5-10H,4H2,1H3. The van der Waals surface area contributed by atoms with E-state index in [2.05, 4.69) is 4.74 Å². The van der Waals surface area contributed by atoms with E-state index in [1.54, 1.807) is 36.4 Å². The number of nitrogens with zero attached hydrogens (tertiary/aromatic N) is 1. The fourth-order valence-corrected chi connectivity index (χ4v) is 1.76. The number of hydrogen-bond donors (Lipinski definition) is 0. The van der Waals surface area contributed by atoms with Gasteiger partial charge in [0.05, 0.1) is 19.2 Å². The van der Waals surface area contributed by atoms with E-state index in [0.29, 0.717) is 5.69 Å². The molecule has 102 valence electrons. The molecule has 5 nitrogen and oxygen atoms in total. The zero-order valence-electron chi connectivity index (χ0n) is 10.9. The monoisotopic (exact) mass is 271 g/mol. The van der Waals surface area contributed by atoms with Gasteiger partial charge in [0.2, 0.25) is 0 Å². The van der Waals surface area contributed by atoms with Gasteiger partial charge in [-0.25, -0.2) is 4.90 Å². The molecular weight excluding hydrogens is 258 g/mol. The summed E-state index contributed by atoms with van der Waals surface area (Å²) in [5.41, 5.74) is 1.39. The van der Waals surface area contributed by atoms with Crippen LogP contribution in [0.15, 0.2) is 42.5 Å². The highest BCUT2D eigenvalue weighted by molar-refractivity contribution is 6.28. The van der Waals surface area contributed by atoms with E-state index in [-0.39, 0.29) is 24.2 Å². The minimum absolute atomic E-state index is 0.200. The van der Waals surface area contributed by atoms with Gasteiger partial charge in [0.15, 0.2) is 0 Å². The molecule has 0 aromatic heterocycles. The first-order valence-electron chi connectivity index (χ1n) is 6.01. The van der Waals surface area contributed by atoms with Crippen LogP contribution >= 0.6 is 0 Å². The number of carbonyl (C=O) groups is 3. The summed E-state index contributed by atoms with van der Waals surface area (Å²) in [5.74, 6) is -0.995. The number of anilines is 1. The number of benzene rings is 1. The lowest BCUT2D eigenvalue weighted by molar-refractivity contribution is -0.139.